The first-order valence-corrected chi connectivity index (χ1v) is 8.14. The van der Waals surface area contributed by atoms with Gasteiger partial charge in [-0.1, -0.05) is 25.3 Å². The van der Waals surface area contributed by atoms with Gasteiger partial charge in [-0.15, -0.1) is 0 Å². The molecule has 0 aromatic heterocycles. The third-order valence-corrected chi connectivity index (χ3v) is 6.57. The molecule has 0 spiro atoms. The second-order valence-corrected chi connectivity index (χ2v) is 7.68. The van der Waals surface area contributed by atoms with Crippen LogP contribution in [0.3, 0.4) is 0 Å². The molecule has 0 bridgehead atoms. The summed E-state index contributed by atoms with van der Waals surface area (Å²) in [6.07, 6.45) is 3.57. The molecule has 1 aliphatic rings. The molecule has 2 rings (SSSR count). The standard InChI is InChI=1S/C15H19NO2S/c1-12-6-7-14(10-13(12)2)19(17,18)15(11-16)8-4-3-5-9-15/h6-7,10H,3-5,8-9H2,1-2H3. The largest absolute Gasteiger partial charge is 0.222 e. The molecular weight excluding hydrogens is 258 g/mol. The summed E-state index contributed by atoms with van der Waals surface area (Å²) in [6, 6.07) is 7.24. The van der Waals surface area contributed by atoms with Crippen LogP contribution in [0.2, 0.25) is 0 Å². The number of sulfone groups is 1. The van der Waals surface area contributed by atoms with Crippen molar-refractivity contribution in [2.75, 3.05) is 0 Å². The molecule has 1 aliphatic carbocycles. The van der Waals surface area contributed by atoms with E-state index in [9.17, 15) is 13.7 Å². The molecule has 102 valence electrons. The fraction of sp³-hybridized carbons (Fsp3) is 0.533. The third-order valence-electron chi connectivity index (χ3n) is 4.17. The lowest BCUT2D eigenvalue weighted by Gasteiger charge is -2.30. The van der Waals surface area contributed by atoms with Gasteiger partial charge in [-0.3, -0.25) is 0 Å². The Morgan fingerprint density at radius 3 is 2.26 bits per heavy atom. The molecule has 19 heavy (non-hydrogen) atoms. The van der Waals surface area contributed by atoms with Gasteiger partial charge < -0.3 is 0 Å². The van der Waals surface area contributed by atoms with E-state index in [2.05, 4.69) is 6.07 Å². The monoisotopic (exact) mass is 277 g/mol. The van der Waals surface area contributed by atoms with Crippen molar-refractivity contribution in [3.05, 3.63) is 29.3 Å². The molecule has 0 radical (unpaired) electrons. The van der Waals surface area contributed by atoms with Crippen molar-refractivity contribution in [2.45, 2.75) is 55.6 Å². The van der Waals surface area contributed by atoms with Crippen LogP contribution >= 0.6 is 0 Å². The highest BCUT2D eigenvalue weighted by atomic mass is 32.2. The first-order chi connectivity index (χ1) is 8.93. The van der Waals surface area contributed by atoms with E-state index in [0.717, 1.165) is 30.4 Å². The fourth-order valence-electron chi connectivity index (χ4n) is 2.67. The Labute approximate surface area is 115 Å². The first kappa shape index (κ1) is 14.1. The van der Waals surface area contributed by atoms with Gasteiger partial charge in [0.2, 0.25) is 0 Å². The van der Waals surface area contributed by atoms with E-state index in [1.54, 1.807) is 12.1 Å². The molecule has 1 fully saturated rings. The topological polar surface area (TPSA) is 57.9 Å². The summed E-state index contributed by atoms with van der Waals surface area (Å²) < 4.78 is 24.3. The van der Waals surface area contributed by atoms with E-state index < -0.39 is 14.6 Å². The van der Waals surface area contributed by atoms with E-state index >= 15 is 0 Å². The molecule has 0 aliphatic heterocycles. The molecule has 0 atom stereocenters. The predicted molar refractivity (Wildman–Crippen MR) is 74.5 cm³/mol. The normalized spacial score (nSPS) is 18.8. The maximum atomic E-state index is 12.8. The second kappa shape index (κ2) is 4.97. The molecule has 0 N–H and O–H groups in total. The number of nitrogens with zero attached hydrogens (tertiary/aromatic N) is 1. The summed E-state index contributed by atoms with van der Waals surface area (Å²) in [7, 11) is -3.57. The van der Waals surface area contributed by atoms with Crippen LogP contribution < -0.4 is 0 Å². The molecular formula is C15H19NO2S. The summed E-state index contributed by atoms with van der Waals surface area (Å²) >= 11 is 0. The summed E-state index contributed by atoms with van der Waals surface area (Å²) in [4.78, 5) is 0.291. The second-order valence-electron chi connectivity index (χ2n) is 5.42. The van der Waals surface area contributed by atoms with E-state index in [0.29, 0.717) is 17.7 Å². The van der Waals surface area contributed by atoms with Crippen molar-refractivity contribution in [2.24, 2.45) is 0 Å². The molecule has 0 amide bonds. The average molecular weight is 277 g/mol. The minimum Gasteiger partial charge on any atom is -0.222 e. The van der Waals surface area contributed by atoms with Crippen molar-refractivity contribution in [1.29, 1.82) is 5.26 Å². The summed E-state index contributed by atoms with van der Waals surface area (Å²) in [5, 5.41) is 9.43. The molecule has 1 aromatic rings. The lowest BCUT2D eigenvalue weighted by Crippen LogP contribution is -2.39. The van der Waals surface area contributed by atoms with Crippen LogP contribution in [0.25, 0.3) is 0 Å². The summed E-state index contributed by atoms with van der Waals surface area (Å²) in [5.74, 6) is 0. The molecule has 4 heteroatoms. The predicted octanol–water partition coefficient (Wildman–Crippen LogP) is 3.30. The zero-order valence-corrected chi connectivity index (χ0v) is 12.3. The lowest BCUT2D eigenvalue weighted by molar-refractivity contribution is 0.430. The van der Waals surface area contributed by atoms with Gasteiger partial charge >= 0.3 is 0 Å². The van der Waals surface area contributed by atoms with Gasteiger partial charge in [-0.25, -0.2) is 8.42 Å². The Morgan fingerprint density at radius 1 is 1.11 bits per heavy atom. The van der Waals surface area contributed by atoms with E-state index in [1.807, 2.05) is 19.9 Å². The highest BCUT2D eigenvalue weighted by Crippen LogP contribution is 2.38. The van der Waals surface area contributed by atoms with Gasteiger partial charge in [0.05, 0.1) is 11.0 Å². The molecule has 0 saturated heterocycles. The third kappa shape index (κ3) is 2.28. The molecule has 0 unspecified atom stereocenters. The fourth-order valence-corrected chi connectivity index (χ4v) is 4.65. The van der Waals surface area contributed by atoms with E-state index in [1.165, 1.54) is 0 Å². The molecule has 1 aromatic carbocycles. The van der Waals surface area contributed by atoms with Crippen LogP contribution in [0, 0.1) is 25.2 Å². The number of hydrogen-bond donors (Lipinski definition) is 0. The maximum Gasteiger partial charge on any atom is 0.197 e. The molecule has 0 heterocycles. The Kier molecular flexibility index (Phi) is 3.69. The van der Waals surface area contributed by atoms with Crippen LogP contribution in [0.5, 0.6) is 0 Å². The Bertz CT molecular complexity index is 620. The molecule has 1 saturated carbocycles. The zero-order chi connectivity index (χ0) is 14.1. The van der Waals surface area contributed by atoms with Crippen LogP contribution in [-0.4, -0.2) is 13.2 Å². The highest BCUT2D eigenvalue weighted by Gasteiger charge is 2.45. The number of hydrogen-bond acceptors (Lipinski definition) is 3. The van der Waals surface area contributed by atoms with E-state index in [-0.39, 0.29) is 0 Å². The average Bonchev–Trinajstić information content (AvgIpc) is 2.42. The van der Waals surface area contributed by atoms with Crippen molar-refractivity contribution < 1.29 is 8.42 Å². The van der Waals surface area contributed by atoms with Crippen molar-refractivity contribution in [3.63, 3.8) is 0 Å². The van der Waals surface area contributed by atoms with Gasteiger partial charge in [0.25, 0.3) is 0 Å². The van der Waals surface area contributed by atoms with Crippen LogP contribution in [0.4, 0.5) is 0 Å². The lowest BCUT2D eigenvalue weighted by atomic mass is 9.89. The minimum atomic E-state index is -3.57. The quantitative estimate of drug-likeness (QED) is 0.833. The Morgan fingerprint density at radius 2 is 1.74 bits per heavy atom. The number of rotatable bonds is 2. The summed E-state index contributed by atoms with van der Waals surface area (Å²) in [5.41, 5.74) is 2.01. The molecule has 3 nitrogen and oxygen atoms in total. The zero-order valence-electron chi connectivity index (χ0n) is 11.4. The van der Waals surface area contributed by atoms with Crippen LogP contribution in [0.15, 0.2) is 23.1 Å². The van der Waals surface area contributed by atoms with Gasteiger partial charge in [-0.2, -0.15) is 5.26 Å². The highest BCUT2D eigenvalue weighted by molar-refractivity contribution is 7.93. The van der Waals surface area contributed by atoms with Gasteiger partial charge in [-0.05, 0) is 49.9 Å². The van der Waals surface area contributed by atoms with Crippen molar-refractivity contribution in [3.8, 4) is 6.07 Å². The maximum absolute atomic E-state index is 12.8. The van der Waals surface area contributed by atoms with Crippen molar-refractivity contribution >= 4 is 9.84 Å². The number of aryl methyl sites for hydroxylation is 2. The smallest absolute Gasteiger partial charge is 0.197 e. The Hall–Kier alpha value is -1.34. The van der Waals surface area contributed by atoms with Crippen LogP contribution in [0.1, 0.15) is 43.2 Å². The summed E-state index contributed by atoms with van der Waals surface area (Å²) in [6.45, 7) is 3.85. The number of nitriles is 1. The number of benzene rings is 1. The van der Waals surface area contributed by atoms with Crippen LogP contribution in [-0.2, 0) is 9.84 Å². The minimum absolute atomic E-state index is 0.291. The SMILES string of the molecule is Cc1ccc(S(=O)(=O)C2(C#N)CCCCC2)cc1C. The van der Waals surface area contributed by atoms with Gasteiger partial charge in [0, 0.05) is 0 Å². The first-order valence-electron chi connectivity index (χ1n) is 6.66. The van der Waals surface area contributed by atoms with E-state index in [4.69, 9.17) is 0 Å². The van der Waals surface area contributed by atoms with Gasteiger partial charge in [0.1, 0.15) is 0 Å². The van der Waals surface area contributed by atoms with Gasteiger partial charge in [0.15, 0.2) is 14.6 Å². The van der Waals surface area contributed by atoms with Crippen molar-refractivity contribution in [1.82, 2.24) is 0 Å². The Balaban J connectivity index is 2.52.